The van der Waals surface area contributed by atoms with Crippen molar-refractivity contribution in [3.8, 4) is 0 Å². The Morgan fingerprint density at radius 2 is 1.71 bits per heavy atom. The van der Waals surface area contributed by atoms with E-state index in [1.807, 2.05) is 0 Å². The van der Waals surface area contributed by atoms with Crippen LogP contribution in [-0.2, 0) is 0 Å². The average Bonchev–Trinajstić information content (AvgIpc) is 2.14. The molecule has 1 aliphatic rings. The molecule has 0 amide bonds. The summed E-state index contributed by atoms with van der Waals surface area (Å²) in [5.74, 6) is 0. The fourth-order valence-electron chi connectivity index (χ4n) is 2.53. The molecule has 1 heteroatoms. The van der Waals surface area contributed by atoms with Gasteiger partial charge in [-0.3, -0.25) is 0 Å². The van der Waals surface area contributed by atoms with Crippen LogP contribution in [0.2, 0.25) is 0 Å². The van der Waals surface area contributed by atoms with Gasteiger partial charge in [0.2, 0.25) is 0 Å². The normalized spacial score (nSPS) is 22.3. The summed E-state index contributed by atoms with van der Waals surface area (Å²) in [7, 11) is 0. The Kier molecular flexibility index (Phi) is 4.43. The van der Waals surface area contributed by atoms with Crippen LogP contribution in [-0.4, -0.2) is 12.1 Å². The summed E-state index contributed by atoms with van der Waals surface area (Å²) in [4.78, 5) is 0. The first kappa shape index (κ1) is 12.0. The van der Waals surface area contributed by atoms with E-state index in [1.54, 1.807) is 0 Å². The minimum Gasteiger partial charge on any atom is -0.311 e. The van der Waals surface area contributed by atoms with Crippen molar-refractivity contribution in [2.75, 3.05) is 0 Å². The van der Waals surface area contributed by atoms with E-state index < -0.39 is 0 Å². The van der Waals surface area contributed by atoms with Crippen LogP contribution in [0.5, 0.6) is 0 Å². The highest BCUT2D eigenvalue weighted by Crippen LogP contribution is 2.25. The van der Waals surface area contributed by atoms with E-state index in [0.717, 1.165) is 6.04 Å². The van der Waals surface area contributed by atoms with Gasteiger partial charge in [-0.05, 0) is 24.7 Å². The van der Waals surface area contributed by atoms with E-state index >= 15 is 0 Å². The fourth-order valence-corrected chi connectivity index (χ4v) is 2.53. The fraction of sp³-hybridized carbons (Fsp3) is 1.00. The number of hydrogen-bond acceptors (Lipinski definition) is 1. The van der Waals surface area contributed by atoms with Crippen LogP contribution in [0.25, 0.3) is 0 Å². The first-order valence-electron chi connectivity index (χ1n) is 6.30. The predicted molar refractivity (Wildman–Crippen MR) is 63.5 cm³/mol. The molecule has 0 aromatic rings. The van der Waals surface area contributed by atoms with Gasteiger partial charge in [0, 0.05) is 12.1 Å². The maximum atomic E-state index is 3.85. The van der Waals surface area contributed by atoms with Crippen molar-refractivity contribution in [2.45, 2.75) is 78.3 Å². The smallest absolute Gasteiger partial charge is 0.0116 e. The van der Waals surface area contributed by atoms with E-state index in [0.29, 0.717) is 11.5 Å². The molecule has 1 aliphatic carbocycles. The Balaban J connectivity index is 2.39. The zero-order chi connectivity index (χ0) is 10.6. The summed E-state index contributed by atoms with van der Waals surface area (Å²) in [5.41, 5.74) is 0.409. The van der Waals surface area contributed by atoms with Gasteiger partial charge in [0.1, 0.15) is 0 Å². The molecule has 1 fully saturated rings. The van der Waals surface area contributed by atoms with Crippen molar-refractivity contribution in [2.24, 2.45) is 5.41 Å². The van der Waals surface area contributed by atoms with Gasteiger partial charge in [-0.25, -0.2) is 0 Å². The molecule has 1 unspecified atom stereocenters. The highest BCUT2D eigenvalue weighted by atomic mass is 15.0. The summed E-state index contributed by atoms with van der Waals surface area (Å²) in [6.45, 7) is 9.33. The Morgan fingerprint density at radius 1 is 1.14 bits per heavy atom. The van der Waals surface area contributed by atoms with Gasteiger partial charge in [-0.1, -0.05) is 47.0 Å². The first-order chi connectivity index (χ1) is 6.54. The van der Waals surface area contributed by atoms with E-state index in [4.69, 9.17) is 0 Å². The number of hydrogen-bond donors (Lipinski definition) is 1. The summed E-state index contributed by atoms with van der Waals surface area (Å²) >= 11 is 0. The summed E-state index contributed by atoms with van der Waals surface area (Å²) in [6, 6.07) is 1.48. The maximum absolute atomic E-state index is 3.85. The lowest BCUT2D eigenvalue weighted by Gasteiger charge is -2.35. The lowest BCUT2D eigenvalue weighted by atomic mass is 9.83. The average molecular weight is 197 g/mol. The standard InChI is InChI=1S/C13H27N/c1-5-12(13(2,3)4)14-11-9-7-6-8-10-11/h11-12,14H,5-10H2,1-4H3. The van der Waals surface area contributed by atoms with Crippen LogP contribution in [0.4, 0.5) is 0 Å². The van der Waals surface area contributed by atoms with Gasteiger partial charge < -0.3 is 5.32 Å². The highest BCUT2D eigenvalue weighted by Gasteiger charge is 2.25. The summed E-state index contributed by atoms with van der Waals surface area (Å²) < 4.78 is 0. The van der Waals surface area contributed by atoms with Gasteiger partial charge in [-0.15, -0.1) is 0 Å². The summed E-state index contributed by atoms with van der Waals surface area (Å²) in [5, 5.41) is 3.85. The zero-order valence-electron chi connectivity index (χ0n) is 10.4. The minimum absolute atomic E-state index is 0.409. The van der Waals surface area contributed by atoms with E-state index in [1.165, 1.54) is 38.5 Å². The molecule has 1 atom stereocenters. The molecular formula is C13H27N. The number of nitrogens with one attached hydrogen (secondary N) is 1. The Hall–Kier alpha value is -0.0400. The van der Waals surface area contributed by atoms with Crippen molar-refractivity contribution in [3.63, 3.8) is 0 Å². The minimum atomic E-state index is 0.409. The van der Waals surface area contributed by atoms with E-state index in [9.17, 15) is 0 Å². The largest absolute Gasteiger partial charge is 0.311 e. The molecule has 0 aromatic carbocycles. The Labute approximate surface area is 89.7 Å². The summed E-state index contributed by atoms with van der Waals surface area (Å²) in [6.07, 6.45) is 8.35. The van der Waals surface area contributed by atoms with Crippen LogP contribution < -0.4 is 5.32 Å². The Morgan fingerprint density at radius 3 is 2.14 bits per heavy atom. The van der Waals surface area contributed by atoms with Crippen molar-refractivity contribution < 1.29 is 0 Å². The molecule has 0 radical (unpaired) electrons. The topological polar surface area (TPSA) is 12.0 Å². The van der Waals surface area contributed by atoms with E-state index in [-0.39, 0.29) is 0 Å². The SMILES string of the molecule is CCC(NC1CCCCC1)C(C)(C)C. The van der Waals surface area contributed by atoms with Gasteiger partial charge in [0.25, 0.3) is 0 Å². The molecular weight excluding hydrogens is 170 g/mol. The molecule has 84 valence electrons. The van der Waals surface area contributed by atoms with Crippen molar-refractivity contribution >= 4 is 0 Å². The first-order valence-corrected chi connectivity index (χ1v) is 6.30. The quantitative estimate of drug-likeness (QED) is 0.727. The van der Waals surface area contributed by atoms with Gasteiger partial charge >= 0.3 is 0 Å². The maximum Gasteiger partial charge on any atom is 0.0116 e. The molecule has 0 bridgehead atoms. The molecule has 0 aromatic heterocycles. The lowest BCUT2D eigenvalue weighted by molar-refractivity contribution is 0.218. The third-order valence-corrected chi connectivity index (χ3v) is 3.50. The van der Waals surface area contributed by atoms with Gasteiger partial charge in [0.05, 0.1) is 0 Å². The molecule has 0 spiro atoms. The molecule has 14 heavy (non-hydrogen) atoms. The van der Waals surface area contributed by atoms with Crippen molar-refractivity contribution in [1.29, 1.82) is 0 Å². The second-order valence-electron chi connectivity index (χ2n) is 5.83. The van der Waals surface area contributed by atoms with Crippen LogP contribution in [0.3, 0.4) is 0 Å². The second-order valence-corrected chi connectivity index (χ2v) is 5.83. The highest BCUT2D eigenvalue weighted by molar-refractivity contribution is 4.84. The molecule has 0 aliphatic heterocycles. The predicted octanol–water partition coefficient (Wildman–Crippen LogP) is 3.73. The van der Waals surface area contributed by atoms with Gasteiger partial charge in [-0.2, -0.15) is 0 Å². The van der Waals surface area contributed by atoms with Crippen LogP contribution in [0.1, 0.15) is 66.2 Å². The van der Waals surface area contributed by atoms with Crippen LogP contribution >= 0.6 is 0 Å². The Bertz CT molecular complexity index is 151. The zero-order valence-corrected chi connectivity index (χ0v) is 10.4. The second kappa shape index (κ2) is 5.16. The monoisotopic (exact) mass is 197 g/mol. The third-order valence-electron chi connectivity index (χ3n) is 3.50. The van der Waals surface area contributed by atoms with Crippen molar-refractivity contribution in [1.82, 2.24) is 5.32 Å². The van der Waals surface area contributed by atoms with Gasteiger partial charge in [0.15, 0.2) is 0 Å². The molecule has 1 rings (SSSR count). The van der Waals surface area contributed by atoms with Crippen LogP contribution in [0, 0.1) is 5.41 Å². The molecule has 0 heterocycles. The lowest BCUT2D eigenvalue weighted by Crippen LogP contribution is -2.46. The molecule has 1 N–H and O–H groups in total. The van der Waals surface area contributed by atoms with Crippen LogP contribution in [0.15, 0.2) is 0 Å². The molecule has 0 saturated heterocycles. The third kappa shape index (κ3) is 3.61. The number of rotatable bonds is 3. The van der Waals surface area contributed by atoms with Crippen molar-refractivity contribution in [3.05, 3.63) is 0 Å². The molecule has 1 saturated carbocycles. The van der Waals surface area contributed by atoms with E-state index in [2.05, 4.69) is 33.0 Å². The molecule has 1 nitrogen and oxygen atoms in total.